The van der Waals surface area contributed by atoms with Crippen LogP contribution in [0.25, 0.3) is 5.57 Å². The SMILES string of the molecule is CC(C)c1ccc(/C(=C\C(=O)O)CC(C)(C)C)cc1. The van der Waals surface area contributed by atoms with Gasteiger partial charge in [0.15, 0.2) is 0 Å². The lowest BCUT2D eigenvalue weighted by Crippen LogP contribution is -2.07. The van der Waals surface area contributed by atoms with E-state index in [0.717, 1.165) is 17.6 Å². The molecule has 0 spiro atoms. The van der Waals surface area contributed by atoms with Crippen LogP contribution in [0.2, 0.25) is 0 Å². The lowest BCUT2D eigenvalue weighted by molar-refractivity contribution is -0.131. The lowest BCUT2D eigenvalue weighted by atomic mass is 9.84. The Morgan fingerprint density at radius 3 is 2.11 bits per heavy atom. The summed E-state index contributed by atoms with van der Waals surface area (Å²) in [6, 6.07) is 8.21. The Balaban J connectivity index is 3.08. The third-order valence-electron chi connectivity index (χ3n) is 2.97. The van der Waals surface area contributed by atoms with Crippen molar-refractivity contribution in [3.63, 3.8) is 0 Å². The minimum atomic E-state index is -0.882. The van der Waals surface area contributed by atoms with E-state index in [1.165, 1.54) is 11.6 Å². The first kappa shape index (κ1) is 15.5. The molecule has 0 atom stereocenters. The number of allylic oxidation sites excluding steroid dienone is 1. The molecular weight excluding hydrogens is 236 g/mol. The molecule has 0 heterocycles. The normalized spacial score (nSPS) is 12.8. The molecule has 0 saturated carbocycles. The molecule has 0 aliphatic carbocycles. The molecule has 1 aromatic carbocycles. The van der Waals surface area contributed by atoms with Crippen molar-refractivity contribution in [1.82, 2.24) is 0 Å². The minimum absolute atomic E-state index is 0.0675. The molecule has 0 aromatic heterocycles. The zero-order valence-corrected chi connectivity index (χ0v) is 12.5. The second kappa shape index (κ2) is 6.05. The number of hydrogen-bond donors (Lipinski definition) is 1. The highest BCUT2D eigenvalue weighted by molar-refractivity contribution is 5.90. The van der Waals surface area contributed by atoms with Crippen LogP contribution in [0.3, 0.4) is 0 Å². The van der Waals surface area contributed by atoms with Crippen LogP contribution < -0.4 is 0 Å². The van der Waals surface area contributed by atoms with E-state index in [1.807, 2.05) is 12.1 Å². The molecule has 104 valence electrons. The van der Waals surface area contributed by atoms with Crippen LogP contribution in [0.5, 0.6) is 0 Å². The molecule has 0 aliphatic heterocycles. The van der Waals surface area contributed by atoms with Crippen molar-refractivity contribution in [2.24, 2.45) is 5.41 Å². The summed E-state index contributed by atoms with van der Waals surface area (Å²) < 4.78 is 0. The van der Waals surface area contributed by atoms with Gasteiger partial charge in [-0.25, -0.2) is 4.79 Å². The van der Waals surface area contributed by atoms with Gasteiger partial charge in [-0.05, 0) is 34.5 Å². The molecular formula is C17H24O2. The van der Waals surface area contributed by atoms with Gasteiger partial charge in [0.2, 0.25) is 0 Å². The Bertz CT molecular complexity index is 459. The smallest absolute Gasteiger partial charge is 0.328 e. The van der Waals surface area contributed by atoms with E-state index in [2.05, 4.69) is 46.8 Å². The zero-order valence-electron chi connectivity index (χ0n) is 12.5. The van der Waals surface area contributed by atoms with Crippen LogP contribution >= 0.6 is 0 Å². The first-order valence-electron chi connectivity index (χ1n) is 6.73. The molecule has 1 N–H and O–H groups in total. The molecule has 1 rings (SSSR count). The second-order valence-corrected chi connectivity index (χ2v) is 6.52. The molecule has 2 heteroatoms. The average molecular weight is 260 g/mol. The van der Waals surface area contributed by atoms with Crippen LogP contribution in [0.4, 0.5) is 0 Å². The maximum absolute atomic E-state index is 11.0. The van der Waals surface area contributed by atoms with Gasteiger partial charge in [-0.3, -0.25) is 0 Å². The molecule has 0 radical (unpaired) electrons. The lowest BCUT2D eigenvalue weighted by Gasteiger charge is -2.20. The third kappa shape index (κ3) is 5.29. The van der Waals surface area contributed by atoms with Gasteiger partial charge in [-0.1, -0.05) is 58.9 Å². The van der Waals surface area contributed by atoms with Gasteiger partial charge in [-0.15, -0.1) is 0 Å². The fourth-order valence-corrected chi connectivity index (χ4v) is 2.04. The predicted octanol–water partition coefficient (Wildman–Crippen LogP) is 4.71. The molecule has 0 aliphatic rings. The molecule has 2 nitrogen and oxygen atoms in total. The van der Waals surface area contributed by atoms with E-state index in [4.69, 9.17) is 5.11 Å². The zero-order chi connectivity index (χ0) is 14.6. The fourth-order valence-electron chi connectivity index (χ4n) is 2.04. The Labute approximate surface area is 116 Å². The van der Waals surface area contributed by atoms with Crippen LogP contribution in [0, 0.1) is 5.41 Å². The van der Waals surface area contributed by atoms with Gasteiger partial charge in [0.1, 0.15) is 0 Å². The molecule has 0 fully saturated rings. The van der Waals surface area contributed by atoms with E-state index in [1.54, 1.807) is 0 Å². The number of benzene rings is 1. The topological polar surface area (TPSA) is 37.3 Å². The second-order valence-electron chi connectivity index (χ2n) is 6.52. The Kier molecular flexibility index (Phi) is 4.93. The molecule has 19 heavy (non-hydrogen) atoms. The summed E-state index contributed by atoms with van der Waals surface area (Å²) in [5.74, 6) is -0.393. The maximum Gasteiger partial charge on any atom is 0.328 e. The number of aliphatic carboxylic acids is 1. The minimum Gasteiger partial charge on any atom is -0.478 e. The van der Waals surface area contributed by atoms with Crippen LogP contribution in [0.1, 0.15) is 58.1 Å². The summed E-state index contributed by atoms with van der Waals surface area (Å²) in [4.78, 5) is 11.0. The number of carboxylic acids is 1. The monoisotopic (exact) mass is 260 g/mol. The number of hydrogen-bond acceptors (Lipinski definition) is 1. The van der Waals surface area contributed by atoms with Gasteiger partial charge < -0.3 is 5.11 Å². The van der Waals surface area contributed by atoms with Gasteiger partial charge in [0.05, 0.1) is 0 Å². The van der Waals surface area contributed by atoms with Crippen molar-refractivity contribution in [1.29, 1.82) is 0 Å². The summed E-state index contributed by atoms with van der Waals surface area (Å²) in [6.45, 7) is 10.7. The summed E-state index contributed by atoms with van der Waals surface area (Å²) in [5, 5.41) is 9.01. The Morgan fingerprint density at radius 1 is 1.21 bits per heavy atom. The highest BCUT2D eigenvalue weighted by Gasteiger charge is 2.15. The van der Waals surface area contributed by atoms with Crippen molar-refractivity contribution in [3.05, 3.63) is 41.5 Å². The van der Waals surface area contributed by atoms with Crippen LogP contribution in [0.15, 0.2) is 30.3 Å². The molecule has 0 bridgehead atoms. The quantitative estimate of drug-likeness (QED) is 0.796. The van der Waals surface area contributed by atoms with Crippen LogP contribution in [-0.2, 0) is 4.79 Å². The van der Waals surface area contributed by atoms with Gasteiger partial charge in [-0.2, -0.15) is 0 Å². The first-order valence-corrected chi connectivity index (χ1v) is 6.73. The Morgan fingerprint density at radius 2 is 1.74 bits per heavy atom. The van der Waals surface area contributed by atoms with Crippen molar-refractivity contribution >= 4 is 11.5 Å². The highest BCUT2D eigenvalue weighted by atomic mass is 16.4. The summed E-state index contributed by atoms with van der Waals surface area (Å²) >= 11 is 0. The van der Waals surface area contributed by atoms with Gasteiger partial charge in [0, 0.05) is 6.08 Å². The summed E-state index contributed by atoms with van der Waals surface area (Å²) in [6.07, 6.45) is 2.08. The largest absolute Gasteiger partial charge is 0.478 e. The number of rotatable bonds is 4. The highest BCUT2D eigenvalue weighted by Crippen LogP contribution is 2.31. The van der Waals surface area contributed by atoms with Gasteiger partial charge >= 0.3 is 5.97 Å². The molecule has 0 saturated heterocycles. The fraction of sp³-hybridized carbons (Fsp3) is 0.471. The van der Waals surface area contributed by atoms with Crippen molar-refractivity contribution in [3.8, 4) is 0 Å². The van der Waals surface area contributed by atoms with Crippen molar-refractivity contribution in [2.45, 2.75) is 47.0 Å². The van der Waals surface area contributed by atoms with E-state index >= 15 is 0 Å². The maximum atomic E-state index is 11.0. The summed E-state index contributed by atoms with van der Waals surface area (Å²) in [7, 11) is 0. The molecule has 0 unspecified atom stereocenters. The molecule has 0 amide bonds. The van der Waals surface area contributed by atoms with E-state index < -0.39 is 5.97 Å². The Hall–Kier alpha value is -1.57. The predicted molar refractivity (Wildman–Crippen MR) is 80.2 cm³/mol. The summed E-state index contributed by atoms with van der Waals surface area (Å²) in [5.41, 5.74) is 3.23. The first-order chi connectivity index (χ1) is 8.69. The number of carbonyl (C=O) groups is 1. The van der Waals surface area contributed by atoms with E-state index in [0.29, 0.717) is 5.92 Å². The van der Waals surface area contributed by atoms with Crippen molar-refractivity contribution in [2.75, 3.05) is 0 Å². The van der Waals surface area contributed by atoms with Crippen LogP contribution in [-0.4, -0.2) is 11.1 Å². The van der Waals surface area contributed by atoms with Gasteiger partial charge in [0.25, 0.3) is 0 Å². The number of carboxylic acid groups (broad SMARTS) is 1. The van der Waals surface area contributed by atoms with E-state index in [9.17, 15) is 4.79 Å². The van der Waals surface area contributed by atoms with E-state index in [-0.39, 0.29) is 5.41 Å². The standard InChI is InChI=1S/C17H24O2/c1-12(2)13-6-8-14(9-7-13)15(10-16(18)19)11-17(3,4)5/h6-10,12H,11H2,1-5H3,(H,18,19)/b15-10-. The third-order valence-corrected chi connectivity index (χ3v) is 2.97. The van der Waals surface area contributed by atoms with Crippen molar-refractivity contribution < 1.29 is 9.90 Å². The average Bonchev–Trinajstić information content (AvgIpc) is 2.25. The molecule has 1 aromatic rings.